The SMILES string of the molecule is CC1(C)CCC(C)(C)c2cc3cc(-c4csc(C(=O)[O-])c4)ccc3cc21. The second-order valence-corrected chi connectivity index (χ2v) is 9.63. The van der Waals surface area contributed by atoms with E-state index in [-0.39, 0.29) is 15.7 Å². The Morgan fingerprint density at radius 1 is 0.885 bits per heavy atom. The number of aromatic carboxylic acids is 1. The van der Waals surface area contributed by atoms with Crippen LogP contribution >= 0.6 is 11.3 Å². The summed E-state index contributed by atoms with van der Waals surface area (Å²) >= 11 is 1.22. The summed E-state index contributed by atoms with van der Waals surface area (Å²) in [6.45, 7) is 9.35. The molecule has 0 unspecified atom stereocenters. The van der Waals surface area contributed by atoms with E-state index in [9.17, 15) is 9.90 Å². The minimum atomic E-state index is -1.11. The lowest BCUT2D eigenvalue weighted by atomic mass is 9.63. The van der Waals surface area contributed by atoms with Crippen molar-refractivity contribution >= 4 is 28.1 Å². The summed E-state index contributed by atoms with van der Waals surface area (Å²) in [5.74, 6) is -1.11. The number of carbonyl (C=O) groups is 1. The normalized spacial score (nSPS) is 17.8. The van der Waals surface area contributed by atoms with Crippen molar-refractivity contribution in [3.63, 3.8) is 0 Å². The van der Waals surface area contributed by atoms with E-state index in [0.717, 1.165) is 11.1 Å². The minimum Gasteiger partial charge on any atom is -0.544 e. The number of carboxylic acid groups (broad SMARTS) is 1. The summed E-state index contributed by atoms with van der Waals surface area (Å²) in [5, 5.41) is 15.4. The maximum Gasteiger partial charge on any atom is 0.0815 e. The number of rotatable bonds is 2. The summed E-state index contributed by atoms with van der Waals surface area (Å²) in [5.41, 5.74) is 5.28. The predicted octanol–water partition coefficient (Wildman–Crippen LogP) is 5.28. The molecular formula is C23H23O2S-. The largest absolute Gasteiger partial charge is 0.544 e. The highest BCUT2D eigenvalue weighted by Gasteiger charge is 2.37. The van der Waals surface area contributed by atoms with Gasteiger partial charge in [-0.15, -0.1) is 11.3 Å². The zero-order valence-electron chi connectivity index (χ0n) is 15.7. The number of carboxylic acids is 1. The second kappa shape index (κ2) is 5.68. The van der Waals surface area contributed by atoms with E-state index < -0.39 is 5.97 Å². The van der Waals surface area contributed by atoms with Crippen molar-refractivity contribution in [2.45, 2.75) is 51.4 Å². The summed E-state index contributed by atoms with van der Waals surface area (Å²) < 4.78 is 0. The highest BCUT2D eigenvalue weighted by molar-refractivity contribution is 7.12. The van der Waals surface area contributed by atoms with E-state index >= 15 is 0 Å². The molecule has 0 spiro atoms. The highest BCUT2D eigenvalue weighted by atomic mass is 32.1. The van der Waals surface area contributed by atoms with Gasteiger partial charge in [0.25, 0.3) is 0 Å². The molecule has 134 valence electrons. The van der Waals surface area contributed by atoms with Gasteiger partial charge in [0.1, 0.15) is 0 Å². The van der Waals surface area contributed by atoms with Gasteiger partial charge < -0.3 is 9.90 Å². The monoisotopic (exact) mass is 363 g/mol. The average molecular weight is 364 g/mol. The molecule has 0 amide bonds. The minimum absolute atomic E-state index is 0.180. The third-order valence-electron chi connectivity index (χ3n) is 5.94. The number of hydrogen-bond acceptors (Lipinski definition) is 3. The van der Waals surface area contributed by atoms with Crippen molar-refractivity contribution in [3.05, 3.63) is 57.8 Å². The van der Waals surface area contributed by atoms with Gasteiger partial charge >= 0.3 is 0 Å². The Morgan fingerprint density at radius 3 is 2.08 bits per heavy atom. The van der Waals surface area contributed by atoms with Crippen molar-refractivity contribution < 1.29 is 9.90 Å². The number of carbonyl (C=O) groups excluding carboxylic acids is 1. The molecule has 0 saturated carbocycles. The maximum atomic E-state index is 11.1. The van der Waals surface area contributed by atoms with Crippen LogP contribution in [0.25, 0.3) is 21.9 Å². The van der Waals surface area contributed by atoms with Crippen molar-refractivity contribution in [1.29, 1.82) is 0 Å². The van der Waals surface area contributed by atoms with Crippen LogP contribution in [0.15, 0.2) is 41.8 Å². The predicted molar refractivity (Wildman–Crippen MR) is 107 cm³/mol. The van der Waals surface area contributed by atoms with Gasteiger partial charge in [-0.3, -0.25) is 0 Å². The highest BCUT2D eigenvalue weighted by Crippen LogP contribution is 2.47. The molecule has 1 aliphatic carbocycles. The molecule has 0 saturated heterocycles. The van der Waals surface area contributed by atoms with Crippen LogP contribution in [0.4, 0.5) is 0 Å². The van der Waals surface area contributed by atoms with Crippen LogP contribution in [0.2, 0.25) is 0 Å². The van der Waals surface area contributed by atoms with E-state index in [1.54, 1.807) is 6.07 Å². The van der Waals surface area contributed by atoms with Gasteiger partial charge in [0.05, 0.1) is 10.8 Å². The van der Waals surface area contributed by atoms with Crippen LogP contribution in [0, 0.1) is 0 Å². The van der Waals surface area contributed by atoms with Crippen LogP contribution in [-0.2, 0) is 10.8 Å². The first-order chi connectivity index (χ1) is 12.2. The first-order valence-electron chi connectivity index (χ1n) is 9.06. The zero-order valence-corrected chi connectivity index (χ0v) is 16.5. The third-order valence-corrected chi connectivity index (χ3v) is 6.85. The van der Waals surface area contributed by atoms with Gasteiger partial charge in [0.15, 0.2) is 0 Å². The fourth-order valence-electron chi connectivity index (χ4n) is 4.09. The molecule has 3 heteroatoms. The number of fused-ring (bicyclic) bond motifs is 2. The van der Waals surface area contributed by atoms with Gasteiger partial charge in [0.2, 0.25) is 0 Å². The average Bonchev–Trinajstić information content (AvgIpc) is 3.08. The van der Waals surface area contributed by atoms with Crippen LogP contribution < -0.4 is 5.11 Å². The van der Waals surface area contributed by atoms with Crippen molar-refractivity contribution in [2.24, 2.45) is 0 Å². The lowest BCUT2D eigenvalue weighted by molar-refractivity contribution is -0.254. The van der Waals surface area contributed by atoms with Gasteiger partial charge in [-0.1, -0.05) is 52.0 Å². The first kappa shape index (κ1) is 17.3. The van der Waals surface area contributed by atoms with E-state index in [1.807, 2.05) is 5.38 Å². The maximum absolute atomic E-state index is 11.1. The molecule has 4 rings (SSSR count). The standard InChI is InChI=1S/C23H24O2S/c1-22(2)7-8-23(3,4)19-11-16-9-14(5-6-15(16)10-18(19)22)17-12-20(21(24)25)26-13-17/h5-6,9-13H,7-8H2,1-4H3,(H,24,25)/p-1. The van der Waals surface area contributed by atoms with E-state index in [4.69, 9.17) is 0 Å². The van der Waals surface area contributed by atoms with E-state index in [0.29, 0.717) is 0 Å². The van der Waals surface area contributed by atoms with E-state index in [1.165, 1.54) is 46.1 Å². The molecule has 0 atom stereocenters. The van der Waals surface area contributed by atoms with Crippen LogP contribution in [-0.4, -0.2) is 5.97 Å². The topological polar surface area (TPSA) is 40.1 Å². The molecule has 0 fully saturated rings. The van der Waals surface area contributed by atoms with Crippen LogP contribution in [0.3, 0.4) is 0 Å². The quantitative estimate of drug-likeness (QED) is 0.621. The fraction of sp³-hybridized carbons (Fsp3) is 0.348. The molecule has 1 aliphatic rings. The molecule has 0 aliphatic heterocycles. The molecule has 3 aromatic rings. The lowest BCUT2D eigenvalue weighted by Gasteiger charge is -2.42. The van der Waals surface area contributed by atoms with Gasteiger partial charge in [0, 0.05) is 0 Å². The Bertz CT molecular complexity index is 1020. The molecular weight excluding hydrogens is 340 g/mol. The van der Waals surface area contributed by atoms with Gasteiger partial charge in [-0.05, 0) is 74.2 Å². The Labute approximate surface area is 158 Å². The van der Waals surface area contributed by atoms with Crippen molar-refractivity contribution in [3.8, 4) is 11.1 Å². The fourth-order valence-corrected chi connectivity index (χ4v) is 4.84. The summed E-state index contributed by atoms with van der Waals surface area (Å²) in [6.07, 6.45) is 2.40. The third kappa shape index (κ3) is 2.75. The Kier molecular flexibility index (Phi) is 3.78. The molecule has 0 radical (unpaired) electrons. The molecule has 26 heavy (non-hydrogen) atoms. The molecule has 1 aromatic heterocycles. The summed E-state index contributed by atoms with van der Waals surface area (Å²) in [7, 11) is 0. The molecule has 1 heterocycles. The Balaban J connectivity index is 1.88. The number of thiophene rings is 1. The van der Waals surface area contributed by atoms with Crippen molar-refractivity contribution in [1.82, 2.24) is 0 Å². The smallest absolute Gasteiger partial charge is 0.0815 e. The summed E-state index contributed by atoms with van der Waals surface area (Å²) in [6, 6.07) is 12.8. The summed E-state index contributed by atoms with van der Waals surface area (Å²) in [4.78, 5) is 11.3. The Morgan fingerprint density at radius 2 is 1.50 bits per heavy atom. The molecule has 0 bridgehead atoms. The molecule has 0 N–H and O–H groups in total. The van der Waals surface area contributed by atoms with E-state index in [2.05, 4.69) is 58.0 Å². The lowest BCUT2D eigenvalue weighted by Crippen LogP contribution is -2.33. The zero-order chi connectivity index (χ0) is 18.7. The second-order valence-electron chi connectivity index (χ2n) is 8.71. The Hall–Kier alpha value is -2.13. The van der Waals surface area contributed by atoms with Gasteiger partial charge in [-0.25, -0.2) is 0 Å². The van der Waals surface area contributed by atoms with Crippen LogP contribution in [0.5, 0.6) is 0 Å². The molecule has 2 aromatic carbocycles. The van der Waals surface area contributed by atoms with Gasteiger partial charge in [-0.2, -0.15) is 0 Å². The number of hydrogen-bond donors (Lipinski definition) is 0. The number of benzene rings is 2. The van der Waals surface area contributed by atoms with Crippen LogP contribution in [0.1, 0.15) is 61.3 Å². The molecule has 2 nitrogen and oxygen atoms in total. The first-order valence-corrected chi connectivity index (χ1v) is 9.94. The van der Waals surface area contributed by atoms with Crippen molar-refractivity contribution in [2.75, 3.05) is 0 Å².